The van der Waals surface area contributed by atoms with Crippen molar-refractivity contribution in [3.05, 3.63) is 33.4 Å². The second kappa shape index (κ2) is 4.75. The normalized spacial score (nSPS) is 18.8. The zero-order valence-electron chi connectivity index (χ0n) is 11.0. The van der Waals surface area contributed by atoms with E-state index in [9.17, 15) is 9.59 Å². The molecule has 0 saturated carbocycles. The molecular formula is C13H15N3O4. The van der Waals surface area contributed by atoms with Crippen LogP contribution in [0.4, 0.5) is 0 Å². The number of H-pyrrole nitrogens is 1. The van der Waals surface area contributed by atoms with Gasteiger partial charge >= 0.3 is 5.97 Å². The van der Waals surface area contributed by atoms with Crippen LogP contribution in [0.1, 0.15) is 35.9 Å². The first kappa shape index (κ1) is 12.9. The number of carboxylic acid groups (broad SMARTS) is 1. The lowest BCUT2D eigenvalue weighted by atomic mass is 10.1. The van der Waals surface area contributed by atoms with Crippen LogP contribution in [-0.2, 0) is 16.0 Å². The molecule has 1 fully saturated rings. The van der Waals surface area contributed by atoms with Crippen molar-refractivity contribution in [2.24, 2.45) is 0 Å². The minimum Gasteiger partial charge on any atom is -0.481 e. The number of fused-ring (bicyclic) bond motifs is 1. The zero-order valence-corrected chi connectivity index (χ0v) is 11.0. The standard InChI is InChI=1S/C13H15N3O4/c1-7-8(5-12(17)18)13(19)16-11(14-7)6-9(15-16)10-3-2-4-20-10/h6,10,15H,2-5H2,1H3,(H,17,18). The first-order valence-corrected chi connectivity index (χ1v) is 6.51. The molecule has 0 spiro atoms. The fourth-order valence-corrected chi connectivity index (χ4v) is 2.53. The Hall–Kier alpha value is -2.15. The van der Waals surface area contributed by atoms with E-state index in [1.54, 1.807) is 13.0 Å². The third kappa shape index (κ3) is 2.09. The number of carboxylic acids is 1. The molecule has 0 aliphatic carbocycles. The van der Waals surface area contributed by atoms with Gasteiger partial charge in [-0.05, 0) is 19.8 Å². The highest BCUT2D eigenvalue weighted by Gasteiger charge is 2.21. The molecule has 20 heavy (non-hydrogen) atoms. The lowest BCUT2D eigenvalue weighted by Crippen LogP contribution is -2.24. The molecule has 2 aromatic rings. The van der Waals surface area contributed by atoms with Gasteiger partial charge in [-0.15, -0.1) is 0 Å². The van der Waals surface area contributed by atoms with Gasteiger partial charge in [-0.3, -0.25) is 14.7 Å². The Kier molecular flexibility index (Phi) is 3.06. The maximum Gasteiger partial charge on any atom is 0.308 e. The monoisotopic (exact) mass is 277 g/mol. The van der Waals surface area contributed by atoms with Crippen molar-refractivity contribution in [3.8, 4) is 0 Å². The highest BCUT2D eigenvalue weighted by Crippen LogP contribution is 2.27. The summed E-state index contributed by atoms with van der Waals surface area (Å²) in [6.07, 6.45) is 1.53. The molecule has 0 aromatic carbocycles. The molecule has 2 N–H and O–H groups in total. The van der Waals surface area contributed by atoms with Crippen LogP contribution in [0.25, 0.3) is 5.65 Å². The predicted octanol–water partition coefficient (Wildman–Crippen LogP) is 0.810. The minimum atomic E-state index is -1.04. The van der Waals surface area contributed by atoms with Crippen LogP contribution in [0, 0.1) is 6.92 Å². The van der Waals surface area contributed by atoms with Crippen LogP contribution in [0.5, 0.6) is 0 Å². The largest absolute Gasteiger partial charge is 0.481 e. The number of carbonyl (C=O) groups is 1. The van der Waals surface area contributed by atoms with Gasteiger partial charge in [0.2, 0.25) is 0 Å². The summed E-state index contributed by atoms with van der Waals surface area (Å²) in [5.41, 5.74) is 1.59. The van der Waals surface area contributed by atoms with E-state index in [0.29, 0.717) is 17.9 Å². The zero-order chi connectivity index (χ0) is 14.3. The van der Waals surface area contributed by atoms with E-state index >= 15 is 0 Å². The Morgan fingerprint density at radius 3 is 3.10 bits per heavy atom. The molecule has 1 aliphatic rings. The molecule has 3 heterocycles. The molecular weight excluding hydrogens is 262 g/mol. The number of aryl methyl sites for hydroxylation is 1. The van der Waals surface area contributed by atoms with Crippen LogP contribution in [0.3, 0.4) is 0 Å². The number of hydrogen-bond acceptors (Lipinski definition) is 4. The van der Waals surface area contributed by atoms with Crippen molar-refractivity contribution < 1.29 is 14.6 Å². The van der Waals surface area contributed by atoms with E-state index < -0.39 is 5.97 Å². The van der Waals surface area contributed by atoms with Gasteiger partial charge < -0.3 is 9.84 Å². The van der Waals surface area contributed by atoms with Gasteiger partial charge in [0, 0.05) is 18.4 Å². The predicted molar refractivity (Wildman–Crippen MR) is 69.8 cm³/mol. The van der Waals surface area contributed by atoms with Crippen molar-refractivity contribution >= 4 is 11.6 Å². The Bertz CT molecular complexity index is 725. The fourth-order valence-electron chi connectivity index (χ4n) is 2.53. The summed E-state index contributed by atoms with van der Waals surface area (Å²) in [5, 5.41) is 11.8. The summed E-state index contributed by atoms with van der Waals surface area (Å²) in [4.78, 5) is 27.4. The summed E-state index contributed by atoms with van der Waals surface area (Å²) in [6.45, 7) is 2.37. The Labute approximate surface area is 114 Å². The van der Waals surface area contributed by atoms with Gasteiger partial charge in [0.15, 0.2) is 5.65 Å². The number of aliphatic carboxylic acids is 1. The summed E-state index contributed by atoms with van der Waals surface area (Å²) in [5.74, 6) is -1.04. The second-order valence-corrected chi connectivity index (χ2v) is 4.96. The highest BCUT2D eigenvalue weighted by atomic mass is 16.5. The van der Waals surface area contributed by atoms with E-state index in [1.807, 2.05) is 0 Å². The maximum atomic E-state index is 12.3. The molecule has 7 nitrogen and oxygen atoms in total. The van der Waals surface area contributed by atoms with Crippen molar-refractivity contribution in [1.82, 2.24) is 14.6 Å². The average molecular weight is 277 g/mol. The number of ether oxygens (including phenoxy) is 1. The fraction of sp³-hybridized carbons (Fsp3) is 0.462. The van der Waals surface area contributed by atoms with E-state index in [1.165, 1.54) is 4.52 Å². The Morgan fingerprint density at radius 1 is 1.65 bits per heavy atom. The lowest BCUT2D eigenvalue weighted by Gasteiger charge is -2.05. The van der Waals surface area contributed by atoms with Crippen LogP contribution in [0.15, 0.2) is 10.9 Å². The molecule has 0 amide bonds. The number of aromatic amines is 1. The number of rotatable bonds is 3. The van der Waals surface area contributed by atoms with E-state index in [2.05, 4.69) is 10.1 Å². The number of nitrogens with zero attached hydrogens (tertiary/aromatic N) is 2. The molecule has 1 atom stereocenters. The molecule has 2 aromatic heterocycles. The molecule has 0 radical (unpaired) electrons. The first-order chi connectivity index (χ1) is 9.56. The van der Waals surface area contributed by atoms with Gasteiger partial charge in [0.25, 0.3) is 5.56 Å². The summed E-state index contributed by atoms with van der Waals surface area (Å²) < 4.78 is 6.86. The summed E-state index contributed by atoms with van der Waals surface area (Å²) in [7, 11) is 0. The average Bonchev–Trinajstić information content (AvgIpc) is 3.01. The summed E-state index contributed by atoms with van der Waals surface area (Å²) in [6, 6.07) is 1.79. The molecule has 0 bridgehead atoms. The molecule has 1 aliphatic heterocycles. The molecule has 1 saturated heterocycles. The quantitative estimate of drug-likeness (QED) is 0.865. The van der Waals surface area contributed by atoms with Gasteiger partial charge in [-0.25, -0.2) is 9.50 Å². The molecule has 7 heteroatoms. The van der Waals surface area contributed by atoms with E-state index in [0.717, 1.165) is 18.5 Å². The Morgan fingerprint density at radius 2 is 2.45 bits per heavy atom. The smallest absolute Gasteiger partial charge is 0.308 e. The minimum absolute atomic E-state index is 0.0423. The highest BCUT2D eigenvalue weighted by molar-refractivity contribution is 5.70. The van der Waals surface area contributed by atoms with E-state index in [4.69, 9.17) is 9.84 Å². The van der Waals surface area contributed by atoms with Crippen LogP contribution in [-0.4, -0.2) is 32.3 Å². The maximum absolute atomic E-state index is 12.3. The number of nitrogens with one attached hydrogen (secondary N) is 1. The van der Waals surface area contributed by atoms with Crippen LogP contribution >= 0.6 is 0 Å². The van der Waals surface area contributed by atoms with Gasteiger partial charge in [-0.2, -0.15) is 0 Å². The lowest BCUT2D eigenvalue weighted by molar-refractivity contribution is -0.136. The second-order valence-electron chi connectivity index (χ2n) is 4.96. The van der Waals surface area contributed by atoms with Gasteiger partial charge in [0.1, 0.15) is 0 Å². The van der Waals surface area contributed by atoms with E-state index in [-0.39, 0.29) is 23.6 Å². The molecule has 3 rings (SSSR count). The van der Waals surface area contributed by atoms with Crippen molar-refractivity contribution in [1.29, 1.82) is 0 Å². The van der Waals surface area contributed by atoms with Gasteiger partial charge in [0.05, 0.1) is 23.8 Å². The molecule has 1 unspecified atom stereocenters. The Balaban J connectivity index is 2.11. The van der Waals surface area contributed by atoms with Crippen molar-refractivity contribution in [2.75, 3.05) is 6.61 Å². The van der Waals surface area contributed by atoms with Crippen LogP contribution in [0.2, 0.25) is 0 Å². The topological polar surface area (TPSA) is 96.7 Å². The first-order valence-electron chi connectivity index (χ1n) is 6.51. The van der Waals surface area contributed by atoms with Gasteiger partial charge in [-0.1, -0.05) is 0 Å². The van der Waals surface area contributed by atoms with Crippen LogP contribution < -0.4 is 5.56 Å². The van der Waals surface area contributed by atoms with Crippen molar-refractivity contribution in [2.45, 2.75) is 32.3 Å². The number of hydrogen-bond donors (Lipinski definition) is 2. The number of aromatic nitrogens is 3. The van der Waals surface area contributed by atoms with Crippen molar-refractivity contribution in [3.63, 3.8) is 0 Å². The molecule has 106 valence electrons. The third-order valence-corrected chi connectivity index (χ3v) is 3.54. The summed E-state index contributed by atoms with van der Waals surface area (Å²) >= 11 is 0. The third-order valence-electron chi connectivity index (χ3n) is 3.54. The SMILES string of the molecule is Cc1nc2cc(C3CCCO3)[nH]n2c(=O)c1CC(=O)O.